The van der Waals surface area contributed by atoms with Crippen molar-refractivity contribution in [1.82, 2.24) is 4.90 Å². The molecule has 0 fully saturated rings. The van der Waals surface area contributed by atoms with Crippen molar-refractivity contribution in [3.8, 4) is 0 Å². The third-order valence-electron chi connectivity index (χ3n) is 3.96. The number of hydrogen-bond acceptors (Lipinski definition) is 2. The quantitative estimate of drug-likeness (QED) is 0.891. The van der Waals surface area contributed by atoms with Crippen LogP contribution in [0.2, 0.25) is 5.02 Å². The smallest absolute Gasteiger partial charge is 0.322 e. The summed E-state index contributed by atoms with van der Waals surface area (Å²) < 4.78 is 0. The number of para-hydroxylation sites is 1. The predicted octanol–water partition coefficient (Wildman–Crippen LogP) is 3.46. The normalized spacial score (nSPS) is 17.0. The van der Waals surface area contributed by atoms with Gasteiger partial charge in [-0.1, -0.05) is 48.0 Å². The number of rotatable bonds is 2. The van der Waals surface area contributed by atoms with E-state index in [0.717, 1.165) is 12.0 Å². The molecule has 0 spiro atoms. The van der Waals surface area contributed by atoms with Crippen LogP contribution in [0.15, 0.2) is 48.5 Å². The van der Waals surface area contributed by atoms with Gasteiger partial charge < -0.3 is 15.3 Å². The summed E-state index contributed by atoms with van der Waals surface area (Å²) in [6, 6.07) is 14.4. The molecule has 1 unspecified atom stereocenters. The summed E-state index contributed by atoms with van der Waals surface area (Å²) in [5.41, 5.74) is 2.76. The molecule has 2 N–H and O–H groups in total. The SMILES string of the molecule is O=C(Nc1ccccc1Cl)N1CCc2ccccc2C1CO. The summed E-state index contributed by atoms with van der Waals surface area (Å²) in [5, 5.41) is 13.0. The molecule has 0 radical (unpaired) electrons. The second-order valence-corrected chi connectivity index (χ2v) is 5.66. The van der Waals surface area contributed by atoms with E-state index < -0.39 is 0 Å². The Labute approximate surface area is 134 Å². The van der Waals surface area contributed by atoms with E-state index in [-0.39, 0.29) is 18.7 Å². The third-order valence-corrected chi connectivity index (χ3v) is 4.29. The molecule has 0 saturated heterocycles. The summed E-state index contributed by atoms with van der Waals surface area (Å²) in [5.74, 6) is 0. The number of fused-ring (bicyclic) bond motifs is 1. The molecule has 0 aliphatic carbocycles. The average molecular weight is 317 g/mol. The van der Waals surface area contributed by atoms with Crippen molar-refractivity contribution in [3.63, 3.8) is 0 Å². The van der Waals surface area contributed by atoms with Gasteiger partial charge in [-0.3, -0.25) is 0 Å². The molecule has 114 valence electrons. The first-order chi connectivity index (χ1) is 10.7. The van der Waals surface area contributed by atoms with E-state index in [1.165, 1.54) is 5.56 Å². The molecular weight excluding hydrogens is 300 g/mol. The number of benzene rings is 2. The van der Waals surface area contributed by atoms with E-state index in [9.17, 15) is 9.90 Å². The van der Waals surface area contributed by atoms with Crippen LogP contribution in [0.5, 0.6) is 0 Å². The lowest BCUT2D eigenvalue weighted by atomic mass is 9.93. The van der Waals surface area contributed by atoms with Crippen molar-refractivity contribution >= 4 is 23.3 Å². The summed E-state index contributed by atoms with van der Waals surface area (Å²) in [7, 11) is 0. The van der Waals surface area contributed by atoms with Crippen LogP contribution in [0.1, 0.15) is 17.2 Å². The van der Waals surface area contributed by atoms with Crippen molar-refractivity contribution in [2.75, 3.05) is 18.5 Å². The lowest BCUT2D eigenvalue weighted by Crippen LogP contribution is -2.43. The van der Waals surface area contributed by atoms with Crippen LogP contribution in [0.3, 0.4) is 0 Å². The Balaban J connectivity index is 1.83. The van der Waals surface area contributed by atoms with Gasteiger partial charge in [0.25, 0.3) is 0 Å². The van der Waals surface area contributed by atoms with Gasteiger partial charge in [-0.2, -0.15) is 0 Å². The molecule has 1 heterocycles. The zero-order valence-corrected chi connectivity index (χ0v) is 12.8. The van der Waals surface area contributed by atoms with Gasteiger partial charge in [0.1, 0.15) is 0 Å². The highest BCUT2D eigenvalue weighted by Crippen LogP contribution is 2.30. The minimum absolute atomic E-state index is 0.104. The molecule has 1 aliphatic heterocycles. The van der Waals surface area contributed by atoms with Gasteiger partial charge in [-0.25, -0.2) is 4.79 Å². The second-order valence-electron chi connectivity index (χ2n) is 5.25. The zero-order valence-electron chi connectivity index (χ0n) is 12.0. The first-order valence-electron chi connectivity index (χ1n) is 7.21. The summed E-state index contributed by atoms with van der Waals surface area (Å²) in [6.45, 7) is 0.464. The van der Waals surface area contributed by atoms with E-state index in [4.69, 9.17) is 11.6 Å². The summed E-state index contributed by atoms with van der Waals surface area (Å²) in [4.78, 5) is 14.2. The molecule has 1 aliphatic rings. The number of halogens is 1. The first-order valence-corrected chi connectivity index (χ1v) is 7.59. The van der Waals surface area contributed by atoms with Gasteiger partial charge in [0, 0.05) is 6.54 Å². The molecule has 3 rings (SSSR count). The molecule has 0 bridgehead atoms. The number of nitrogens with one attached hydrogen (secondary N) is 1. The van der Waals surface area contributed by atoms with E-state index in [1.54, 1.807) is 17.0 Å². The third kappa shape index (κ3) is 2.80. The van der Waals surface area contributed by atoms with E-state index >= 15 is 0 Å². The van der Waals surface area contributed by atoms with Crippen LogP contribution < -0.4 is 5.32 Å². The van der Waals surface area contributed by atoms with Gasteiger partial charge in [-0.05, 0) is 29.7 Å². The van der Waals surface area contributed by atoms with Crippen molar-refractivity contribution in [2.24, 2.45) is 0 Å². The van der Waals surface area contributed by atoms with Gasteiger partial charge in [0.2, 0.25) is 0 Å². The maximum absolute atomic E-state index is 12.5. The Morgan fingerprint density at radius 1 is 1.23 bits per heavy atom. The zero-order chi connectivity index (χ0) is 15.5. The van der Waals surface area contributed by atoms with E-state index in [0.29, 0.717) is 17.3 Å². The van der Waals surface area contributed by atoms with Crippen LogP contribution in [0.25, 0.3) is 0 Å². The van der Waals surface area contributed by atoms with Gasteiger partial charge in [0.15, 0.2) is 0 Å². The Morgan fingerprint density at radius 3 is 2.73 bits per heavy atom. The van der Waals surface area contributed by atoms with Crippen LogP contribution in [0.4, 0.5) is 10.5 Å². The standard InChI is InChI=1S/C17H17ClN2O2/c18-14-7-3-4-8-15(14)19-17(22)20-10-9-12-5-1-2-6-13(12)16(20)11-21/h1-8,16,21H,9-11H2,(H,19,22). The molecule has 0 aromatic heterocycles. The van der Waals surface area contributed by atoms with Crippen molar-refractivity contribution in [1.29, 1.82) is 0 Å². The predicted molar refractivity (Wildman–Crippen MR) is 87.1 cm³/mol. The molecule has 22 heavy (non-hydrogen) atoms. The molecule has 4 nitrogen and oxygen atoms in total. The number of hydrogen-bond donors (Lipinski definition) is 2. The largest absolute Gasteiger partial charge is 0.394 e. The van der Waals surface area contributed by atoms with Crippen LogP contribution in [-0.4, -0.2) is 29.2 Å². The summed E-state index contributed by atoms with van der Waals surface area (Å²) >= 11 is 6.08. The Morgan fingerprint density at radius 2 is 1.95 bits per heavy atom. The fourth-order valence-electron chi connectivity index (χ4n) is 2.84. The van der Waals surface area contributed by atoms with Crippen LogP contribution >= 0.6 is 11.6 Å². The van der Waals surface area contributed by atoms with Crippen molar-refractivity contribution in [2.45, 2.75) is 12.5 Å². The molecule has 2 aromatic carbocycles. The highest BCUT2D eigenvalue weighted by atomic mass is 35.5. The fourth-order valence-corrected chi connectivity index (χ4v) is 3.02. The van der Waals surface area contributed by atoms with E-state index in [2.05, 4.69) is 5.32 Å². The molecule has 0 saturated carbocycles. The highest BCUT2D eigenvalue weighted by Gasteiger charge is 2.30. The number of amides is 2. The second kappa shape index (κ2) is 6.38. The lowest BCUT2D eigenvalue weighted by molar-refractivity contribution is 0.135. The van der Waals surface area contributed by atoms with Crippen LogP contribution in [-0.2, 0) is 6.42 Å². The molecule has 1 atom stereocenters. The minimum Gasteiger partial charge on any atom is -0.394 e. The first kappa shape index (κ1) is 14.9. The van der Waals surface area contributed by atoms with Gasteiger partial charge in [0.05, 0.1) is 23.4 Å². The van der Waals surface area contributed by atoms with Gasteiger partial charge in [-0.15, -0.1) is 0 Å². The Hall–Kier alpha value is -2.04. The molecule has 2 amide bonds. The highest BCUT2D eigenvalue weighted by molar-refractivity contribution is 6.33. The average Bonchev–Trinajstić information content (AvgIpc) is 2.55. The molecule has 5 heteroatoms. The van der Waals surface area contributed by atoms with Gasteiger partial charge >= 0.3 is 6.03 Å². The van der Waals surface area contributed by atoms with Crippen molar-refractivity contribution in [3.05, 3.63) is 64.7 Å². The lowest BCUT2D eigenvalue weighted by Gasteiger charge is -2.36. The topological polar surface area (TPSA) is 52.6 Å². The number of urea groups is 1. The molecular formula is C17H17ClN2O2. The Bertz CT molecular complexity index is 690. The fraction of sp³-hybridized carbons (Fsp3) is 0.235. The maximum atomic E-state index is 12.5. The number of carbonyl (C=O) groups is 1. The number of aliphatic hydroxyl groups excluding tert-OH is 1. The number of aliphatic hydroxyl groups is 1. The minimum atomic E-state index is -0.326. The number of nitrogens with zero attached hydrogens (tertiary/aromatic N) is 1. The maximum Gasteiger partial charge on any atom is 0.322 e. The molecule has 2 aromatic rings. The number of carbonyl (C=O) groups excluding carboxylic acids is 1. The number of anilines is 1. The van der Waals surface area contributed by atoms with Crippen LogP contribution in [0, 0.1) is 0 Å². The monoisotopic (exact) mass is 316 g/mol. The Kier molecular flexibility index (Phi) is 4.32. The van der Waals surface area contributed by atoms with Crippen molar-refractivity contribution < 1.29 is 9.90 Å². The van der Waals surface area contributed by atoms with E-state index in [1.807, 2.05) is 36.4 Å². The summed E-state index contributed by atoms with van der Waals surface area (Å²) in [6.07, 6.45) is 0.780.